The summed E-state index contributed by atoms with van der Waals surface area (Å²) in [6, 6.07) is 6.56. The Morgan fingerprint density at radius 3 is 2.88 bits per heavy atom. The van der Waals surface area contributed by atoms with Crippen molar-refractivity contribution in [3.8, 4) is 0 Å². The van der Waals surface area contributed by atoms with Crippen LogP contribution in [-0.2, 0) is 4.74 Å². The number of halogens is 1. The average Bonchev–Trinajstić information content (AvgIpc) is 3.11. The van der Waals surface area contributed by atoms with E-state index in [1.165, 1.54) is 12.1 Å². The molecule has 5 nitrogen and oxygen atoms in total. The number of aromatic nitrogens is 1. The molecule has 0 saturated carbocycles. The van der Waals surface area contributed by atoms with Crippen LogP contribution in [0.15, 0.2) is 30.5 Å². The molecule has 6 heteroatoms. The summed E-state index contributed by atoms with van der Waals surface area (Å²) < 4.78 is 18.8. The average molecular weight is 329 g/mol. The van der Waals surface area contributed by atoms with E-state index in [2.05, 4.69) is 9.88 Å². The first-order chi connectivity index (χ1) is 11.7. The van der Waals surface area contributed by atoms with E-state index in [-0.39, 0.29) is 11.7 Å². The van der Waals surface area contributed by atoms with E-state index in [0.717, 1.165) is 45.8 Å². The zero-order chi connectivity index (χ0) is 16.5. The van der Waals surface area contributed by atoms with Gasteiger partial charge in [0.1, 0.15) is 5.82 Å². The first-order valence-corrected chi connectivity index (χ1v) is 8.37. The lowest BCUT2D eigenvalue weighted by molar-refractivity contribution is 0.0185. The van der Waals surface area contributed by atoms with Crippen LogP contribution in [0.3, 0.4) is 0 Å². The molecule has 0 radical (unpaired) electrons. The van der Waals surface area contributed by atoms with Crippen molar-refractivity contribution in [3.05, 3.63) is 41.8 Å². The topological polar surface area (TPSA) is 45.7 Å². The maximum absolute atomic E-state index is 13.4. The zero-order valence-electron chi connectivity index (χ0n) is 13.4. The number of rotatable bonds is 2. The SMILES string of the molecule is O=C(c1cnc2ccc(F)cc2c1)N1CCC(N2CCOCC2)C1. The minimum absolute atomic E-state index is 0.0237. The smallest absolute Gasteiger partial charge is 0.255 e. The number of ether oxygens (including phenoxy) is 1. The van der Waals surface area contributed by atoms with Gasteiger partial charge in [0.15, 0.2) is 0 Å². The van der Waals surface area contributed by atoms with Gasteiger partial charge in [0.2, 0.25) is 0 Å². The number of morpholine rings is 1. The Hall–Kier alpha value is -2.05. The van der Waals surface area contributed by atoms with Gasteiger partial charge in [-0.3, -0.25) is 14.7 Å². The quantitative estimate of drug-likeness (QED) is 0.844. The van der Waals surface area contributed by atoms with Crippen LogP contribution in [0.1, 0.15) is 16.8 Å². The van der Waals surface area contributed by atoms with Crippen LogP contribution in [0.2, 0.25) is 0 Å². The van der Waals surface area contributed by atoms with Gasteiger partial charge in [-0.2, -0.15) is 0 Å². The Balaban J connectivity index is 1.49. The van der Waals surface area contributed by atoms with Crippen molar-refractivity contribution in [1.29, 1.82) is 0 Å². The van der Waals surface area contributed by atoms with Crippen LogP contribution in [-0.4, -0.2) is 66.1 Å². The third-order valence-electron chi connectivity index (χ3n) is 4.90. The summed E-state index contributed by atoms with van der Waals surface area (Å²) in [6.45, 7) is 4.89. The predicted octanol–water partition coefficient (Wildman–Crippen LogP) is 1.92. The fourth-order valence-electron chi connectivity index (χ4n) is 3.57. The summed E-state index contributed by atoms with van der Waals surface area (Å²) in [5.41, 5.74) is 1.22. The normalized spacial score (nSPS) is 22.2. The van der Waals surface area contributed by atoms with Crippen molar-refractivity contribution < 1.29 is 13.9 Å². The van der Waals surface area contributed by atoms with Crippen molar-refractivity contribution in [2.24, 2.45) is 0 Å². The Kier molecular flexibility index (Phi) is 4.16. The summed E-state index contributed by atoms with van der Waals surface area (Å²) in [7, 11) is 0. The van der Waals surface area contributed by atoms with Gasteiger partial charge in [0.05, 0.1) is 24.3 Å². The highest BCUT2D eigenvalue weighted by Crippen LogP contribution is 2.21. The fraction of sp³-hybridized carbons (Fsp3) is 0.444. The Labute approximate surface area is 140 Å². The number of nitrogens with zero attached hydrogens (tertiary/aromatic N) is 3. The van der Waals surface area contributed by atoms with E-state index in [0.29, 0.717) is 22.5 Å². The molecule has 1 atom stereocenters. The van der Waals surface area contributed by atoms with Crippen LogP contribution in [0, 0.1) is 5.82 Å². The number of likely N-dealkylation sites (tertiary alicyclic amines) is 1. The van der Waals surface area contributed by atoms with Gasteiger partial charge in [0.25, 0.3) is 5.91 Å². The van der Waals surface area contributed by atoms with Crippen LogP contribution in [0.25, 0.3) is 10.9 Å². The van der Waals surface area contributed by atoms with Gasteiger partial charge in [-0.05, 0) is 30.7 Å². The zero-order valence-corrected chi connectivity index (χ0v) is 13.4. The summed E-state index contributed by atoms with van der Waals surface area (Å²) in [6.07, 6.45) is 2.58. The molecule has 0 N–H and O–H groups in total. The predicted molar refractivity (Wildman–Crippen MR) is 88.4 cm³/mol. The van der Waals surface area contributed by atoms with Crippen molar-refractivity contribution >= 4 is 16.8 Å². The van der Waals surface area contributed by atoms with Gasteiger partial charge >= 0.3 is 0 Å². The van der Waals surface area contributed by atoms with E-state index in [4.69, 9.17) is 4.74 Å². The van der Waals surface area contributed by atoms with Crippen molar-refractivity contribution in [2.45, 2.75) is 12.5 Å². The number of amides is 1. The molecule has 2 aliphatic heterocycles. The maximum Gasteiger partial charge on any atom is 0.255 e. The summed E-state index contributed by atoms with van der Waals surface area (Å²) >= 11 is 0. The lowest BCUT2D eigenvalue weighted by Gasteiger charge is -2.32. The summed E-state index contributed by atoms with van der Waals surface area (Å²) in [5, 5.41) is 0.657. The van der Waals surface area contributed by atoms with E-state index in [9.17, 15) is 9.18 Å². The summed E-state index contributed by atoms with van der Waals surface area (Å²) in [4.78, 5) is 21.3. The lowest BCUT2D eigenvalue weighted by atomic mass is 10.1. The first-order valence-electron chi connectivity index (χ1n) is 8.37. The van der Waals surface area contributed by atoms with Gasteiger partial charge in [-0.25, -0.2) is 4.39 Å². The minimum Gasteiger partial charge on any atom is -0.379 e. The molecule has 0 spiro atoms. The van der Waals surface area contributed by atoms with Crippen molar-refractivity contribution in [2.75, 3.05) is 39.4 Å². The molecular formula is C18H20FN3O2. The van der Waals surface area contributed by atoms with E-state index in [1.807, 2.05) is 4.90 Å². The standard InChI is InChI=1S/C18H20FN3O2/c19-15-1-2-17-13(10-15)9-14(11-20-17)18(23)22-4-3-16(12-22)21-5-7-24-8-6-21/h1-2,9-11,16H,3-8,12H2. The molecule has 1 amide bonds. The molecule has 0 aliphatic carbocycles. The molecule has 2 aliphatic rings. The Morgan fingerprint density at radius 2 is 2.04 bits per heavy atom. The molecule has 1 aromatic heterocycles. The van der Waals surface area contributed by atoms with E-state index in [1.54, 1.807) is 18.3 Å². The molecule has 1 aromatic carbocycles. The second kappa shape index (κ2) is 6.45. The largest absolute Gasteiger partial charge is 0.379 e. The van der Waals surface area contributed by atoms with Crippen molar-refractivity contribution in [1.82, 2.24) is 14.8 Å². The molecule has 24 heavy (non-hydrogen) atoms. The third kappa shape index (κ3) is 2.99. The Morgan fingerprint density at radius 1 is 1.21 bits per heavy atom. The van der Waals surface area contributed by atoms with Crippen molar-refractivity contribution in [3.63, 3.8) is 0 Å². The molecule has 4 rings (SSSR count). The number of carbonyl (C=O) groups is 1. The van der Waals surface area contributed by atoms with E-state index < -0.39 is 0 Å². The van der Waals surface area contributed by atoms with Gasteiger partial charge < -0.3 is 9.64 Å². The minimum atomic E-state index is -0.317. The third-order valence-corrected chi connectivity index (χ3v) is 4.90. The highest BCUT2D eigenvalue weighted by Gasteiger charge is 2.31. The number of hydrogen-bond donors (Lipinski definition) is 0. The number of benzene rings is 1. The van der Waals surface area contributed by atoms with Crippen LogP contribution >= 0.6 is 0 Å². The molecule has 1 unspecified atom stereocenters. The first kappa shape index (κ1) is 15.5. The molecule has 3 heterocycles. The lowest BCUT2D eigenvalue weighted by Crippen LogP contribution is -2.45. The second-order valence-electron chi connectivity index (χ2n) is 6.40. The molecule has 2 aromatic rings. The fourth-order valence-corrected chi connectivity index (χ4v) is 3.57. The molecule has 126 valence electrons. The van der Waals surface area contributed by atoms with Gasteiger partial charge in [-0.15, -0.1) is 0 Å². The number of fused-ring (bicyclic) bond motifs is 1. The van der Waals surface area contributed by atoms with E-state index >= 15 is 0 Å². The monoisotopic (exact) mass is 329 g/mol. The number of pyridine rings is 1. The number of hydrogen-bond acceptors (Lipinski definition) is 4. The molecule has 0 bridgehead atoms. The number of carbonyl (C=O) groups excluding carboxylic acids is 1. The van der Waals surface area contributed by atoms with Gasteiger partial charge in [0, 0.05) is 43.8 Å². The van der Waals surface area contributed by atoms with Crippen LogP contribution < -0.4 is 0 Å². The van der Waals surface area contributed by atoms with Gasteiger partial charge in [-0.1, -0.05) is 0 Å². The maximum atomic E-state index is 13.4. The highest BCUT2D eigenvalue weighted by atomic mass is 19.1. The molecular weight excluding hydrogens is 309 g/mol. The Bertz CT molecular complexity index is 761. The molecule has 2 saturated heterocycles. The summed E-state index contributed by atoms with van der Waals surface area (Å²) in [5.74, 6) is -0.341. The molecule has 2 fully saturated rings. The van der Waals surface area contributed by atoms with Crippen LogP contribution in [0.4, 0.5) is 4.39 Å². The van der Waals surface area contributed by atoms with Crippen LogP contribution in [0.5, 0.6) is 0 Å². The second-order valence-corrected chi connectivity index (χ2v) is 6.40. The highest BCUT2D eigenvalue weighted by molar-refractivity contribution is 5.97.